The molecule has 5 heteroatoms. The predicted octanol–water partition coefficient (Wildman–Crippen LogP) is 3.42. The van der Waals surface area contributed by atoms with Crippen LogP contribution >= 0.6 is 11.6 Å². The maximum atomic E-state index is 10.8. The second-order valence-electron chi connectivity index (χ2n) is 3.88. The zero-order chi connectivity index (χ0) is 14.0. The summed E-state index contributed by atoms with van der Waals surface area (Å²) in [5, 5.41) is 19.0. The Hall–Kier alpha value is -2.20. The van der Waals surface area contributed by atoms with Gasteiger partial charge in [-0.15, -0.1) is 0 Å². The number of ether oxygens (including phenoxy) is 1. The summed E-state index contributed by atoms with van der Waals surface area (Å²) in [6, 6.07) is 9.41. The van der Waals surface area contributed by atoms with Gasteiger partial charge in [0.2, 0.25) is 0 Å². The number of benzene rings is 2. The molecule has 0 aliphatic carbocycles. The molecule has 19 heavy (non-hydrogen) atoms. The summed E-state index contributed by atoms with van der Waals surface area (Å²) in [7, 11) is 1.54. The topological polar surface area (TPSA) is 66.8 Å². The Balaban J connectivity index is 2.53. The Kier molecular flexibility index (Phi) is 3.62. The average Bonchev–Trinajstić information content (AvgIpc) is 2.38. The van der Waals surface area contributed by atoms with Gasteiger partial charge in [0.1, 0.15) is 17.1 Å². The molecule has 2 rings (SSSR count). The molecule has 0 atom stereocenters. The van der Waals surface area contributed by atoms with Gasteiger partial charge < -0.3 is 14.9 Å². The normalized spacial score (nSPS) is 10.2. The highest BCUT2D eigenvalue weighted by atomic mass is 35.5. The van der Waals surface area contributed by atoms with Gasteiger partial charge in [-0.3, -0.25) is 0 Å². The Morgan fingerprint density at radius 2 is 1.95 bits per heavy atom. The Morgan fingerprint density at radius 1 is 1.21 bits per heavy atom. The molecule has 0 amide bonds. The van der Waals surface area contributed by atoms with Gasteiger partial charge in [-0.2, -0.15) is 0 Å². The number of methoxy groups -OCH3 is 1. The van der Waals surface area contributed by atoms with E-state index in [-0.39, 0.29) is 11.3 Å². The highest BCUT2D eigenvalue weighted by Crippen LogP contribution is 2.34. The summed E-state index contributed by atoms with van der Waals surface area (Å²) in [6.45, 7) is 0. The minimum Gasteiger partial charge on any atom is -0.507 e. The van der Waals surface area contributed by atoms with E-state index in [0.29, 0.717) is 21.9 Å². The zero-order valence-corrected chi connectivity index (χ0v) is 10.8. The second kappa shape index (κ2) is 5.20. The van der Waals surface area contributed by atoms with Gasteiger partial charge in [0.05, 0.1) is 7.11 Å². The van der Waals surface area contributed by atoms with Crippen molar-refractivity contribution in [2.24, 2.45) is 0 Å². The van der Waals surface area contributed by atoms with Crippen molar-refractivity contribution in [2.75, 3.05) is 7.11 Å². The molecular weight excluding hydrogens is 268 g/mol. The van der Waals surface area contributed by atoms with Gasteiger partial charge in [0.15, 0.2) is 0 Å². The molecular formula is C14H11ClO4. The molecule has 4 nitrogen and oxygen atoms in total. The molecule has 0 saturated heterocycles. The number of aromatic hydroxyl groups is 1. The highest BCUT2D eigenvalue weighted by molar-refractivity contribution is 6.33. The van der Waals surface area contributed by atoms with Gasteiger partial charge in [0.25, 0.3) is 0 Å². The number of carboxylic acids is 1. The zero-order valence-electron chi connectivity index (χ0n) is 10.1. The van der Waals surface area contributed by atoms with Crippen molar-refractivity contribution in [3.8, 4) is 22.6 Å². The number of rotatable bonds is 3. The fourth-order valence-corrected chi connectivity index (χ4v) is 1.96. The molecule has 0 unspecified atom stereocenters. The third-order valence-electron chi connectivity index (χ3n) is 2.71. The van der Waals surface area contributed by atoms with Crippen LogP contribution < -0.4 is 4.74 Å². The van der Waals surface area contributed by atoms with Crippen LogP contribution in [0, 0.1) is 0 Å². The van der Waals surface area contributed by atoms with E-state index < -0.39 is 5.97 Å². The molecule has 2 N–H and O–H groups in total. The highest BCUT2D eigenvalue weighted by Gasteiger charge is 2.12. The second-order valence-corrected chi connectivity index (χ2v) is 4.29. The van der Waals surface area contributed by atoms with Crippen LogP contribution in [0.4, 0.5) is 0 Å². The number of aromatic carboxylic acids is 1. The third kappa shape index (κ3) is 2.63. The minimum absolute atomic E-state index is 0.150. The Morgan fingerprint density at radius 3 is 2.53 bits per heavy atom. The van der Waals surface area contributed by atoms with Crippen LogP contribution in [-0.4, -0.2) is 23.3 Å². The summed E-state index contributed by atoms with van der Waals surface area (Å²) in [6.07, 6.45) is 0. The lowest BCUT2D eigenvalue weighted by atomic mass is 10.0. The summed E-state index contributed by atoms with van der Waals surface area (Å²) >= 11 is 6.09. The van der Waals surface area contributed by atoms with E-state index in [2.05, 4.69) is 0 Å². The van der Waals surface area contributed by atoms with Crippen LogP contribution in [0.5, 0.6) is 11.5 Å². The molecule has 0 bridgehead atoms. The molecule has 0 radical (unpaired) electrons. The predicted molar refractivity (Wildman–Crippen MR) is 72.1 cm³/mol. The lowest BCUT2D eigenvalue weighted by Crippen LogP contribution is -1.96. The maximum absolute atomic E-state index is 10.8. The van der Waals surface area contributed by atoms with Crippen molar-refractivity contribution in [2.45, 2.75) is 0 Å². The monoisotopic (exact) mass is 278 g/mol. The number of hydrogen-bond donors (Lipinski definition) is 2. The molecule has 2 aromatic rings. The van der Waals surface area contributed by atoms with Gasteiger partial charge >= 0.3 is 5.97 Å². The van der Waals surface area contributed by atoms with E-state index in [1.54, 1.807) is 24.3 Å². The van der Waals surface area contributed by atoms with Gasteiger partial charge in [-0.05, 0) is 35.9 Å². The van der Waals surface area contributed by atoms with Gasteiger partial charge in [0, 0.05) is 10.6 Å². The fraction of sp³-hybridized carbons (Fsp3) is 0.0714. The molecule has 2 aromatic carbocycles. The van der Waals surface area contributed by atoms with Crippen molar-refractivity contribution in [1.82, 2.24) is 0 Å². The lowest BCUT2D eigenvalue weighted by molar-refractivity contribution is 0.0694. The number of hydrogen-bond acceptors (Lipinski definition) is 3. The summed E-state index contributed by atoms with van der Waals surface area (Å²) < 4.78 is 5.11. The minimum atomic E-state index is -1.18. The Labute approximate surface area is 114 Å². The van der Waals surface area contributed by atoms with Crippen LogP contribution in [0.15, 0.2) is 36.4 Å². The number of halogens is 1. The Bertz CT molecular complexity index is 637. The lowest BCUT2D eigenvalue weighted by Gasteiger charge is -2.09. The van der Waals surface area contributed by atoms with E-state index >= 15 is 0 Å². The first-order valence-electron chi connectivity index (χ1n) is 5.43. The average molecular weight is 279 g/mol. The van der Waals surface area contributed by atoms with Crippen molar-refractivity contribution >= 4 is 17.6 Å². The molecule has 0 spiro atoms. The van der Waals surface area contributed by atoms with Crippen LogP contribution in [0.1, 0.15) is 10.4 Å². The summed E-state index contributed by atoms with van der Waals surface area (Å²) in [5.74, 6) is -0.856. The molecule has 0 aliphatic rings. The van der Waals surface area contributed by atoms with Gasteiger partial charge in [-0.1, -0.05) is 17.7 Å². The molecule has 0 aromatic heterocycles. The molecule has 0 heterocycles. The molecule has 0 fully saturated rings. The van der Waals surface area contributed by atoms with Crippen molar-refractivity contribution in [3.05, 3.63) is 47.0 Å². The maximum Gasteiger partial charge on any atom is 0.339 e. The number of carboxylic acid groups (broad SMARTS) is 1. The molecule has 0 saturated carbocycles. The van der Waals surface area contributed by atoms with Crippen molar-refractivity contribution < 1.29 is 19.7 Å². The first kappa shape index (κ1) is 13.2. The van der Waals surface area contributed by atoms with Crippen LogP contribution in [0.2, 0.25) is 5.02 Å². The smallest absolute Gasteiger partial charge is 0.339 e. The van der Waals surface area contributed by atoms with Crippen LogP contribution in [0.25, 0.3) is 11.1 Å². The van der Waals surface area contributed by atoms with E-state index in [0.717, 1.165) is 0 Å². The van der Waals surface area contributed by atoms with E-state index in [1.807, 2.05) is 0 Å². The number of carbonyl (C=O) groups is 1. The van der Waals surface area contributed by atoms with Crippen molar-refractivity contribution in [1.29, 1.82) is 0 Å². The molecule has 98 valence electrons. The van der Waals surface area contributed by atoms with Crippen LogP contribution in [0.3, 0.4) is 0 Å². The van der Waals surface area contributed by atoms with E-state index in [4.69, 9.17) is 21.4 Å². The first-order valence-corrected chi connectivity index (χ1v) is 5.81. The van der Waals surface area contributed by atoms with E-state index in [1.165, 1.54) is 19.2 Å². The standard InChI is InChI=1S/C14H11ClO4/c1-19-9-3-5-12(15)11(7-9)8-2-4-10(14(17)18)13(16)6-8/h2-7,16H,1H3,(H,17,18). The fourth-order valence-electron chi connectivity index (χ4n) is 1.73. The van der Waals surface area contributed by atoms with Crippen molar-refractivity contribution in [3.63, 3.8) is 0 Å². The van der Waals surface area contributed by atoms with Crippen LogP contribution in [-0.2, 0) is 0 Å². The first-order chi connectivity index (χ1) is 9.02. The molecule has 0 aliphatic heterocycles. The third-order valence-corrected chi connectivity index (χ3v) is 3.04. The largest absolute Gasteiger partial charge is 0.507 e. The quantitative estimate of drug-likeness (QED) is 0.903. The van der Waals surface area contributed by atoms with Gasteiger partial charge in [-0.25, -0.2) is 4.79 Å². The SMILES string of the molecule is COc1ccc(Cl)c(-c2ccc(C(=O)O)c(O)c2)c1. The number of phenols is 1. The summed E-state index contributed by atoms with van der Waals surface area (Å²) in [4.78, 5) is 10.8. The van der Waals surface area contributed by atoms with E-state index in [9.17, 15) is 9.90 Å². The summed E-state index contributed by atoms with van der Waals surface area (Å²) in [5.41, 5.74) is 1.13.